The second-order valence-electron chi connectivity index (χ2n) is 15.3. The highest BCUT2D eigenvalue weighted by molar-refractivity contribution is 6.21. The SMILES string of the molecule is CC1=C=C(/C=C2/C(=O)C(/C=C3/Cc4cc5c(cc4N(C)C3)C/C(=C/C3=C(O)C(=C\C4=C=C(C)c6ccccc6C4)/C3=O)CN5C)=C2O)Cc2ccccc21. The van der Waals surface area contributed by atoms with E-state index in [1.54, 1.807) is 12.2 Å². The number of aliphatic hydroxyl groups excluding tert-OH is 2. The zero-order valence-corrected chi connectivity index (χ0v) is 30.9. The number of hydrogen-bond donors (Lipinski definition) is 2. The van der Waals surface area contributed by atoms with Crippen LogP contribution in [0.2, 0.25) is 0 Å². The maximum absolute atomic E-state index is 13.3. The zero-order valence-electron chi connectivity index (χ0n) is 30.9. The Kier molecular flexibility index (Phi) is 7.86. The highest BCUT2D eigenvalue weighted by atomic mass is 16.3. The number of Topliss-reactive ketones (excluding diaryl/α,β-unsaturated/α-hetero) is 2. The van der Waals surface area contributed by atoms with E-state index >= 15 is 0 Å². The van der Waals surface area contributed by atoms with E-state index in [4.69, 9.17) is 0 Å². The van der Waals surface area contributed by atoms with E-state index in [9.17, 15) is 19.8 Å². The molecule has 6 aliphatic rings. The van der Waals surface area contributed by atoms with E-state index < -0.39 is 0 Å². The quantitative estimate of drug-likeness (QED) is 0.209. The third kappa shape index (κ3) is 5.59. The topological polar surface area (TPSA) is 81.1 Å². The van der Waals surface area contributed by atoms with Crippen LogP contribution in [0.1, 0.15) is 47.2 Å². The van der Waals surface area contributed by atoms with Crippen LogP contribution in [0.25, 0.3) is 11.1 Å². The normalized spacial score (nSPS) is 22.0. The molecular formula is C48H40N2O4. The van der Waals surface area contributed by atoms with E-state index in [0.29, 0.717) is 61.1 Å². The smallest absolute Gasteiger partial charge is 0.200 e. The van der Waals surface area contributed by atoms with Gasteiger partial charge in [-0.3, -0.25) is 9.59 Å². The Bertz CT molecular complexity index is 2440. The van der Waals surface area contributed by atoms with Gasteiger partial charge in [0.15, 0.2) is 0 Å². The molecule has 6 heteroatoms. The lowest BCUT2D eigenvalue weighted by Gasteiger charge is -2.36. The first kappa shape index (κ1) is 33.5. The number of likely N-dealkylation sites (N-methyl/N-ethyl adjacent to an activating group) is 2. The van der Waals surface area contributed by atoms with Gasteiger partial charge in [0.05, 0.1) is 22.3 Å². The molecule has 2 N–H and O–H groups in total. The number of benzene rings is 3. The summed E-state index contributed by atoms with van der Waals surface area (Å²) in [7, 11) is 4.10. The highest BCUT2D eigenvalue weighted by Crippen LogP contribution is 2.41. The third-order valence-corrected chi connectivity index (χ3v) is 11.5. The van der Waals surface area contributed by atoms with Gasteiger partial charge >= 0.3 is 0 Å². The predicted molar refractivity (Wildman–Crippen MR) is 215 cm³/mol. The standard InChI is InChI=1S/C48H40N2O4/c1-27-13-29(15-33-9-5-7-11-37(27)33)19-39-45(51)41(46(39)52)21-31-17-35-23-44-36(24-43(35)49(3)25-31)18-32(26-50(44)4)22-42-47(53)40(48(42)54)20-30-14-28(2)38-12-8-6-10-34(38)16-30/h5-12,19-24,51,53H,15-18,25-26H2,1-4H3/b31-21-,32-22-,39-19+,40-20+. The molecule has 54 heavy (non-hydrogen) atoms. The van der Waals surface area contributed by atoms with Crippen LogP contribution in [-0.4, -0.2) is 49.0 Å². The molecular weight excluding hydrogens is 669 g/mol. The fourth-order valence-electron chi connectivity index (χ4n) is 8.78. The minimum Gasteiger partial charge on any atom is -0.506 e. The minimum absolute atomic E-state index is 0.0498. The van der Waals surface area contributed by atoms with Crippen LogP contribution in [0.15, 0.2) is 153 Å². The highest BCUT2D eigenvalue weighted by Gasteiger charge is 2.35. The van der Waals surface area contributed by atoms with Gasteiger partial charge in [-0.25, -0.2) is 0 Å². The number of ketones is 2. The van der Waals surface area contributed by atoms with Crippen LogP contribution in [0.3, 0.4) is 0 Å². The molecule has 6 nitrogen and oxygen atoms in total. The second kappa shape index (κ2) is 12.7. The molecule has 9 rings (SSSR count). The lowest BCUT2D eigenvalue weighted by atomic mass is 9.82. The predicted octanol–water partition coefficient (Wildman–Crippen LogP) is 8.54. The van der Waals surface area contributed by atoms with Gasteiger partial charge in [-0.05, 0) is 130 Å². The lowest BCUT2D eigenvalue weighted by Crippen LogP contribution is -2.31. The summed E-state index contributed by atoms with van der Waals surface area (Å²) in [6, 6.07) is 20.9. The summed E-state index contributed by atoms with van der Waals surface area (Å²) in [5.74, 6) is -0.176. The first-order chi connectivity index (χ1) is 26.0. The molecule has 0 amide bonds. The maximum atomic E-state index is 13.3. The van der Waals surface area contributed by atoms with E-state index in [1.807, 2.05) is 64.4 Å². The first-order valence-corrected chi connectivity index (χ1v) is 18.5. The number of allylic oxidation sites excluding steroid dienone is 10. The number of hydrogen-bond acceptors (Lipinski definition) is 6. The Hall–Kier alpha value is -6.32. The average molecular weight is 709 g/mol. The molecule has 0 atom stereocenters. The molecule has 0 saturated carbocycles. The van der Waals surface area contributed by atoms with Gasteiger partial charge in [0.2, 0.25) is 11.6 Å². The lowest BCUT2D eigenvalue weighted by molar-refractivity contribution is -0.114. The molecule has 0 bridgehead atoms. The van der Waals surface area contributed by atoms with Crippen molar-refractivity contribution in [1.29, 1.82) is 0 Å². The largest absolute Gasteiger partial charge is 0.506 e. The van der Waals surface area contributed by atoms with Crippen molar-refractivity contribution in [1.82, 2.24) is 0 Å². The third-order valence-electron chi connectivity index (χ3n) is 11.5. The number of carbonyl (C=O) groups excluding carboxylic acids is 2. The molecule has 0 fully saturated rings. The van der Waals surface area contributed by atoms with Crippen LogP contribution < -0.4 is 9.80 Å². The van der Waals surface area contributed by atoms with E-state index in [2.05, 4.69) is 57.7 Å². The van der Waals surface area contributed by atoms with Crippen LogP contribution >= 0.6 is 0 Å². The molecule has 266 valence electrons. The Morgan fingerprint density at radius 1 is 0.574 bits per heavy atom. The number of fused-ring (bicyclic) bond motifs is 4. The van der Waals surface area contributed by atoms with Crippen molar-refractivity contribution in [3.63, 3.8) is 0 Å². The van der Waals surface area contributed by atoms with Gasteiger partial charge in [0.1, 0.15) is 11.5 Å². The fourth-order valence-corrected chi connectivity index (χ4v) is 8.78. The van der Waals surface area contributed by atoms with Crippen LogP contribution in [0.5, 0.6) is 0 Å². The Morgan fingerprint density at radius 3 is 1.39 bits per heavy atom. The zero-order chi connectivity index (χ0) is 37.4. The molecule has 2 aliphatic heterocycles. The Balaban J connectivity index is 0.932. The minimum atomic E-state index is -0.138. The van der Waals surface area contributed by atoms with Crippen LogP contribution in [0.4, 0.5) is 11.4 Å². The Labute approximate surface area is 315 Å². The summed E-state index contributed by atoms with van der Waals surface area (Å²) < 4.78 is 0. The number of anilines is 2. The first-order valence-electron chi connectivity index (χ1n) is 18.5. The molecule has 3 aromatic rings. The molecule has 0 saturated heterocycles. The summed E-state index contributed by atoms with van der Waals surface area (Å²) in [6.07, 6.45) is 10.0. The summed E-state index contributed by atoms with van der Waals surface area (Å²) in [5, 5.41) is 22.0. The van der Waals surface area contributed by atoms with Crippen LogP contribution in [-0.2, 0) is 35.3 Å². The second-order valence-corrected chi connectivity index (χ2v) is 15.3. The van der Waals surface area contributed by atoms with Gasteiger partial charge in [-0.15, -0.1) is 11.5 Å². The van der Waals surface area contributed by atoms with Crippen molar-refractivity contribution >= 4 is 34.1 Å². The van der Waals surface area contributed by atoms with Gasteiger partial charge in [0.25, 0.3) is 0 Å². The fraction of sp³-hybridized carbons (Fsp3) is 0.208. The number of rotatable bonds is 4. The summed E-state index contributed by atoms with van der Waals surface area (Å²) in [4.78, 5) is 31.0. The van der Waals surface area contributed by atoms with Crippen molar-refractivity contribution < 1.29 is 19.8 Å². The molecule has 0 spiro atoms. The maximum Gasteiger partial charge on any atom is 0.200 e. The van der Waals surface area contributed by atoms with Gasteiger partial charge < -0.3 is 20.0 Å². The monoisotopic (exact) mass is 708 g/mol. The van der Waals surface area contributed by atoms with E-state index in [1.165, 1.54) is 22.3 Å². The van der Waals surface area contributed by atoms with Gasteiger partial charge in [0, 0.05) is 51.4 Å². The van der Waals surface area contributed by atoms with Gasteiger partial charge in [-0.1, -0.05) is 48.5 Å². The van der Waals surface area contributed by atoms with Crippen molar-refractivity contribution in [3.05, 3.63) is 186 Å². The van der Waals surface area contributed by atoms with Crippen molar-refractivity contribution in [3.8, 4) is 0 Å². The van der Waals surface area contributed by atoms with Crippen molar-refractivity contribution in [2.75, 3.05) is 37.0 Å². The number of nitrogens with zero attached hydrogens (tertiary/aromatic N) is 2. The van der Waals surface area contributed by atoms with E-state index in [0.717, 1.165) is 55.9 Å². The molecule has 4 aliphatic carbocycles. The number of carbonyl (C=O) groups is 2. The Morgan fingerprint density at radius 2 is 0.981 bits per heavy atom. The molecule has 3 aromatic carbocycles. The molecule has 0 aromatic heterocycles. The summed E-state index contributed by atoms with van der Waals surface area (Å²) in [6.45, 7) is 5.32. The average Bonchev–Trinajstić information content (AvgIpc) is 3.16. The van der Waals surface area contributed by atoms with E-state index in [-0.39, 0.29) is 23.1 Å². The summed E-state index contributed by atoms with van der Waals surface area (Å²) in [5.41, 5.74) is 23.5. The molecule has 2 heterocycles. The number of aliphatic hydroxyl groups is 2. The molecule has 0 unspecified atom stereocenters. The van der Waals surface area contributed by atoms with Crippen molar-refractivity contribution in [2.24, 2.45) is 0 Å². The summed E-state index contributed by atoms with van der Waals surface area (Å²) >= 11 is 0. The molecule has 0 radical (unpaired) electrons. The van der Waals surface area contributed by atoms with Gasteiger partial charge in [-0.2, -0.15) is 0 Å². The van der Waals surface area contributed by atoms with Crippen LogP contribution in [0, 0.1) is 0 Å². The van der Waals surface area contributed by atoms with Crippen molar-refractivity contribution in [2.45, 2.75) is 39.5 Å².